The van der Waals surface area contributed by atoms with Gasteiger partial charge in [0.15, 0.2) is 0 Å². The summed E-state index contributed by atoms with van der Waals surface area (Å²) in [6.45, 7) is 4.53. The Morgan fingerprint density at radius 2 is 2.00 bits per heavy atom. The molecule has 2 saturated heterocycles. The van der Waals surface area contributed by atoms with Crippen LogP contribution in [0.5, 0.6) is 0 Å². The topological polar surface area (TPSA) is 106 Å². The van der Waals surface area contributed by atoms with Crippen molar-refractivity contribution in [3.05, 3.63) is 36.0 Å². The molecule has 2 aliphatic heterocycles. The second-order valence-electron chi connectivity index (χ2n) is 8.48. The van der Waals surface area contributed by atoms with Gasteiger partial charge in [0.05, 0.1) is 12.0 Å². The smallest absolute Gasteiger partial charge is 0.239 e. The molecule has 2 unspecified atom stereocenters. The molecule has 9 heteroatoms. The van der Waals surface area contributed by atoms with Crippen molar-refractivity contribution in [1.82, 2.24) is 19.9 Å². The molecule has 1 aromatic heterocycles. The van der Waals surface area contributed by atoms with E-state index < -0.39 is 0 Å². The predicted molar refractivity (Wildman–Crippen MR) is 111 cm³/mol. The van der Waals surface area contributed by atoms with Gasteiger partial charge >= 0.3 is 0 Å². The Morgan fingerprint density at radius 1 is 1.23 bits per heavy atom. The molecular formula is C22H28FN5O3. The Morgan fingerprint density at radius 3 is 2.71 bits per heavy atom. The molecule has 0 aliphatic carbocycles. The van der Waals surface area contributed by atoms with Gasteiger partial charge in [-0.3, -0.25) is 14.5 Å². The first kappa shape index (κ1) is 21.4. The number of primary amides is 1. The number of likely N-dealkylation sites (tertiary alicyclic amines) is 2. The second kappa shape index (κ2) is 9.13. The number of hydrogen-bond acceptors (Lipinski definition) is 6. The van der Waals surface area contributed by atoms with Crippen molar-refractivity contribution in [2.24, 2.45) is 11.7 Å². The van der Waals surface area contributed by atoms with Crippen LogP contribution in [0.3, 0.4) is 0 Å². The van der Waals surface area contributed by atoms with E-state index in [1.165, 1.54) is 12.1 Å². The van der Waals surface area contributed by atoms with Crippen LogP contribution in [0.15, 0.2) is 28.8 Å². The van der Waals surface area contributed by atoms with E-state index in [9.17, 15) is 14.0 Å². The molecule has 2 aliphatic rings. The number of benzene rings is 1. The van der Waals surface area contributed by atoms with Crippen LogP contribution in [-0.4, -0.2) is 64.0 Å². The second-order valence-corrected chi connectivity index (χ2v) is 8.48. The molecule has 2 amide bonds. The molecule has 0 saturated carbocycles. The lowest BCUT2D eigenvalue weighted by atomic mass is 9.94. The van der Waals surface area contributed by atoms with E-state index in [-0.39, 0.29) is 35.5 Å². The van der Waals surface area contributed by atoms with Gasteiger partial charge in [-0.25, -0.2) is 4.39 Å². The number of nitrogens with zero attached hydrogens (tertiary/aromatic N) is 4. The minimum absolute atomic E-state index is 0.0272. The Balaban J connectivity index is 1.38. The summed E-state index contributed by atoms with van der Waals surface area (Å²) >= 11 is 0. The third kappa shape index (κ3) is 4.76. The molecule has 0 bridgehead atoms. The minimum atomic E-state index is -0.347. The first-order valence-corrected chi connectivity index (χ1v) is 10.8. The number of halogens is 1. The molecule has 4 rings (SSSR count). The summed E-state index contributed by atoms with van der Waals surface area (Å²) in [5.41, 5.74) is 5.97. The summed E-state index contributed by atoms with van der Waals surface area (Å²) in [5.74, 6) is 0.229. The van der Waals surface area contributed by atoms with Crippen LogP contribution in [0.1, 0.15) is 44.4 Å². The first-order valence-electron chi connectivity index (χ1n) is 10.8. The largest absolute Gasteiger partial charge is 0.369 e. The van der Waals surface area contributed by atoms with Crippen LogP contribution in [0.2, 0.25) is 0 Å². The standard InChI is InChI=1S/C22H28FN5O3/c1-14(22(30)27-10-7-15(8-11-27)19(24)29)28-9-3-5-17(13-28)21-25-20(26-31-21)16-4-2-6-18(23)12-16/h2,4,6,12,14-15,17H,3,5,7-11,13H2,1H3,(H2,24,29). The number of carbonyl (C=O) groups excluding carboxylic acids is 2. The maximum atomic E-state index is 13.5. The van der Waals surface area contributed by atoms with Crippen LogP contribution < -0.4 is 5.73 Å². The molecule has 1 aromatic carbocycles. The molecule has 3 heterocycles. The van der Waals surface area contributed by atoms with Crippen molar-refractivity contribution in [3.63, 3.8) is 0 Å². The van der Waals surface area contributed by atoms with Crippen LogP contribution in [0.4, 0.5) is 4.39 Å². The lowest BCUT2D eigenvalue weighted by Crippen LogP contribution is -2.52. The average molecular weight is 429 g/mol. The van der Waals surface area contributed by atoms with E-state index in [0.717, 1.165) is 19.4 Å². The van der Waals surface area contributed by atoms with E-state index in [0.29, 0.717) is 49.8 Å². The molecule has 2 N–H and O–H groups in total. The summed E-state index contributed by atoms with van der Waals surface area (Å²) in [7, 11) is 0. The first-order chi connectivity index (χ1) is 14.9. The van der Waals surface area contributed by atoms with Gasteiger partial charge in [-0.2, -0.15) is 4.98 Å². The number of carbonyl (C=O) groups is 2. The molecule has 8 nitrogen and oxygen atoms in total. The van der Waals surface area contributed by atoms with E-state index in [4.69, 9.17) is 10.3 Å². The third-order valence-corrected chi connectivity index (χ3v) is 6.44. The van der Waals surface area contributed by atoms with E-state index in [1.54, 1.807) is 12.1 Å². The summed E-state index contributed by atoms with van der Waals surface area (Å²) in [5, 5.41) is 4.02. The zero-order chi connectivity index (χ0) is 22.0. The van der Waals surface area contributed by atoms with Crippen molar-refractivity contribution in [3.8, 4) is 11.4 Å². The number of rotatable bonds is 5. The maximum absolute atomic E-state index is 13.5. The zero-order valence-corrected chi connectivity index (χ0v) is 17.7. The van der Waals surface area contributed by atoms with Crippen molar-refractivity contribution >= 4 is 11.8 Å². The molecule has 2 atom stereocenters. The summed E-state index contributed by atoms with van der Waals surface area (Å²) in [6.07, 6.45) is 3.07. The van der Waals surface area contributed by atoms with Gasteiger partial charge in [0.2, 0.25) is 23.5 Å². The monoisotopic (exact) mass is 429 g/mol. The molecule has 31 heavy (non-hydrogen) atoms. The molecule has 0 radical (unpaired) electrons. The highest BCUT2D eigenvalue weighted by molar-refractivity contribution is 5.82. The Labute approximate surface area is 180 Å². The molecule has 0 spiro atoms. The van der Waals surface area contributed by atoms with Crippen molar-refractivity contribution in [1.29, 1.82) is 0 Å². The predicted octanol–water partition coefficient (Wildman–Crippen LogP) is 2.17. The van der Waals surface area contributed by atoms with Gasteiger partial charge in [-0.15, -0.1) is 0 Å². The number of nitrogens with two attached hydrogens (primary N) is 1. The van der Waals surface area contributed by atoms with Crippen molar-refractivity contribution < 1.29 is 18.5 Å². The Hall–Kier alpha value is -2.81. The number of aromatic nitrogens is 2. The van der Waals surface area contributed by atoms with Crippen LogP contribution in [0, 0.1) is 11.7 Å². The van der Waals surface area contributed by atoms with Gasteiger partial charge in [0, 0.05) is 31.1 Å². The molecule has 2 aromatic rings. The van der Waals surface area contributed by atoms with Gasteiger partial charge in [-0.1, -0.05) is 17.3 Å². The van der Waals surface area contributed by atoms with Gasteiger partial charge in [0.1, 0.15) is 5.82 Å². The fraction of sp³-hybridized carbons (Fsp3) is 0.545. The van der Waals surface area contributed by atoms with E-state index in [1.807, 2.05) is 11.8 Å². The number of piperidine rings is 2. The summed E-state index contributed by atoms with van der Waals surface area (Å²) in [4.78, 5) is 32.9. The normalized spacial score (nSPS) is 21.7. The minimum Gasteiger partial charge on any atom is -0.369 e. The Kier molecular flexibility index (Phi) is 6.31. The highest BCUT2D eigenvalue weighted by Gasteiger charge is 2.34. The van der Waals surface area contributed by atoms with Crippen LogP contribution in [-0.2, 0) is 9.59 Å². The van der Waals surface area contributed by atoms with Crippen LogP contribution in [0.25, 0.3) is 11.4 Å². The highest BCUT2D eigenvalue weighted by atomic mass is 19.1. The average Bonchev–Trinajstić information content (AvgIpc) is 3.29. The quantitative estimate of drug-likeness (QED) is 0.781. The maximum Gasteiger partial charge on any atom is 0.239 e. The molecule has 166 valence electrons. The van der Waals surface area contributed by atoms with Crippen LogP contribution >= 0.6 is 0 Å². The summed E-state index contributed by atoms with van der Waals surface area (Å²) < 4.78 is 19.0. The molecule has 2 fully saturated rings. The third-order valence-electron chi connectivity index (χ3n) is 6.44. The molecular weight excluding hydrogens is 401 g/mol. The SMILES string of the molecule is CC(C(=O)N1CCC(C(N)=O)CC1)N1CCCC(c2nc(-c3cccc(F)c3)no2)C1. The lowest BCUT2D eigenvalue weighted by Gasteiger charge is -2.38. The number of amides is 2. The lowest BCUT2D eigenvalue weighted by molar-refractivity contribution is -0.139. The number of hydrogen-bond donors (Lipinski definition) is 1. The van der Waals surface area contributed by atoms with Crippen molar-refractivity contribution in [2.45, 2.75) is 44.6 Å². The fourth-order valence-corrected chi connectivity index (χ4v) is 4.51. The highest BCUT2D eigenvalue weighted by Crippen LogP contribution is 2.29. The van der Waals surface area contributed by atoms with E-state index in [2.05, 4.69) is 15.0 Å². The van der Waals surface area contributed by atoms with Gasteiger partial charge in [-0.05, 0) is 51.3 Å². The van der Waals surface area contributed by atoms with Crippen molar-refractivity contribution in [2.75, 3.05) is 26.2 Å². The fourth-order valence-electron chi connectivity index (χ4n) is 4.51. The van der Waals surface area contributed by atoms with Gasteiger partial charge < -0.3 is 15.2 Å². The Bertz CT molecular complexity index is 941. The van der Waals surface area contributed by atoms with E-state index >= 15 is 0 Å². The zero-order valence-electron chi connectivity index (χ0n) is 17.7. The van der Waals surface area contributed by atoms with Gasteiger partial charge in [0.25, 0.3) is 0 Å². The summed E-state index contributed by atoms with van der Waals surface area (Å²) in [6, 6.07) is 5.84.